The van der Waals surface area contributed by atoms with E-state index in [0.717, 1.165) is 0 Å². The van der Waals surface area contributed by atoms with Gasteiger partial charge in [0.05, 0.1) is 10.8 Å². The van der Waals surface area contributed by atoms with Crippen molar-refractivity contribution in [1.82, 2.24) is 9.62 Å². The molecule has 1 aromatic carbocycles. The number of rotatable bonds is 9. The molecule has 1 aliphatic rings. The van der Waals surface area contributed by atoms with E-state index in [2.05, 4.69) is 10.0 Å². The van der Waals surface area contributed by atoms with Gasteiger partial charge in [-0.3, -0.25) is 9.59 Å². The third-order valence-corrected chi connectivity index (χ3v) is 6.18. The molecule has 1 fully saturated rings. The van der Waals surface area contributed by atoms with Crippen molar-refractivity contribution in [3.05, 3.63) is 24.3 Å². The Balaban J connectivity index is 1.92. The van der Waals surface area contributed by atoms with Crippen molar-refractivity contribution in [1.29, 1.82) is 0 Å². The van der Waals surface area contributed by atoms with Crippen LogP contribution in [0.2, 0.25) is 0 Å². The second kappa shape index (κ2) is 9.69. The number of nitrogens with one attached hydrogen (secondary N) is 2. The van der Waals surface area contributed by atoms with E-state index < -0.39 is 15.9 Å². The summed E-state index contributed by atoms with van der Waals surface area (Å²) in [6.45, 7) is 9.48. The second-order valence-electron chi connectivity index (χ2n) is 8.04. The molecule has 0 bridgehead atoms. The van der Waals surface area contributed by atoms with Crippen LogP contribution in [0.4, 0.5) is 5.69 Å². The Kier molecular flexibility index (Phi) is 7.79. The highest BCUT2D eigenvalue weighted by molar-refractivity contribution is 7.89. The molecule has 0 unspecified atom stereocenters. The number of sulfonamides is 1. The lowest BCUT2D eigenvalue weighted by molar-refractivity contribution is -0.131. The van der Waals surface area contributed by atoms with E-state index in [0.29, 0.717) is 38.4 Å². The topological polar surface area (TPSA) is 105 Å². The summed E-state index contributed by atoms with van der Waals surface area (Å²) in [6, 6.07) is 5.99. The van der Waals surface area contributed by atoms with Crippen molar-refractivity contribution < 1.29 is 22.7 Å². The van der Waals surface area contributed by atoms with Gasteiger partial charge in [-0.1, -0.05) is 0 Å². The first-order valence-corrected chi connectivity index (χ1v) is 11.3. The molecule has 0 radical (unpaired) electrons. The zero-order chi connectivity index (χ0) is 21.7. The van der Waals surface area contributed by atoms with Crippen LogP contribution in [-0.2, 0) is 24.3 Å². The molecule has 1 atom stereocenters. The highest BCUT2D eigenvalue weighted by Gasteiger charge is 2.39. The van der Waals surface area contributed by atoms with Crippen LogP contribution in [0.3, 0.4) is 0 Å². The van der Waals surface area contributed by atoms with Gasteiger partial charge in [0, 0.05) is 44.0 Å². The molecule has 162 valence electrons. The van der Waals surface area contributed by atoms with Crippen LogP contribution in [0.15, 0.2) is 29.2 Å². The van der Waals surface area contributed by atoms with Gasteiger partial charge in [-0.2, -0.15) is 0 Å². The van der Waals surface area contributed by atoms with Crippen LogP contribution in [0.25, 0.3) is 0 Å². The molecule has 1 aromatic rings. The van der Waals surface area contributed by atoms with E-state index in [4.69, 9.17) is 4.74 Å². The number of likely N-dealkylation sites (tertiary alicyclic amines) is 1. The van der Waals surface area contributed by atoms with Crippen molar-refractivity contribution in [2.75, 3.05) is 31.6 Å². The molecule has 2 amide bonds. The van der Waals surface area contributed by atoms with Crippen LogP contribution in [0, 0.1) is 5.92 Å². The fraction of sp³-hybridized carbons (Fsp3) is 0.600. The lowest BCUT2D eigenvalue weighted by atomic mass is 10.1. The number of hydrogen-bond acceptors (Lipinski definition) is 5. The fourth-order valence-corrected chi connectivity index (χ4v) is 4.18. The summed E-state index contributed by atoms with van der Waals surface area (Å²) in [4.78, 5) is 26.5. The van der Waals surface area contributed by atoms with Gasteiger partial charge < -0.3 is 15.0 Å². The number of carbonyl (C=O) groups is 2. The number of benzene rings is 1. The van der Waals surface area contributed by atoms with Gasteiger partial charge in [0.15, 0.2) is 0 Å². The van der Waals surface area contributed by atoms with Gasteiger partial charge in [0.2, 0.25) is 21.8 Å². The first-order chi connectivity index (χ1) is 13.5. The van der Waals surface area contributed by atoms with Gasteiger partial charge in [-0.05, 0) is 58.4 Å². The summed E-state index contributed by atoms with van der Waals surface area (Å²) in [6.07, 6.45) is 0.772. The molecular weight excluding hydrogens is 394 g/mol. The SMILES string of the molecule is CCOCCCNS(=O)(=O)c1ccc(NC(=O)[C@@H]2CC(=O)N(C(C)(C)C)C2)cc1. The average molecular weight is 426 g/mol. The highest BCUT2D eigenvalue weighted by atomic mass is 32.2. The summed E-state index contributed by atoms with van der Waals surface area (Å²) < 4.78 is 32.3. The molecule has 1 heterocycles. The first kappa shape index (κ1) is 23.3. The third kappa shape index (κ3) is 6.52. The summed E-state index contributed by atoms with van der Waals surface area (Å²) in [5, 5.41) is 2.77. The maximum Gasteiger partial charge on any atom is 0.240 e. The number of carbonyl (C=O) groups excluding carboxylic acids is 2. The van der Waals surface area contributed by atoms with E-state index in [1.54, 1.807) is 17.0 Å². The Morgan fingerprint density at radius 1 is 1.24 bits per heavy atom. The standard InChI is InChI=1S/C20H31N3O5S/c1-5-28-12-6-11-21-29(26,27)17-9-7-16(8-10-17)22-19(25)15-13-18(24)23(14-15)20(2,3)4/h7-10,15,21H,5-6,11-14H2,1-4H3,(H,22,25)/t15-/m1/s1. The Bertz CT molecular complexity index is 816. The number of hydrogen-bond donors (Lipinski definition) is 2. The zero-order valence-corrected chi connectivity index (χ0v) is 18.3. The number of nitrogens with zero attached hydrogens (tertiary/aromatic N) is 1. The quantitative estimate of drug-likeness (QED) is 0.589. The highest BCUT2D eigenvalue weighted by Crippen LogP contribution is 2.26. The molecule has 8 nitrogen and oxygen atoms in total. The van der Waals surface area contributed by atoms with Crippen molar-refractivity contribution in [3.63, 3.8) is 0 Å². The molecule has 0 spiro atoms. The number of anilines is 1. The largest absolute Gasteiger partial charge is 0.382 e. The summed E-state index contributed by atoms with van der Waals surface area (Å²) in [5.74, 6) is -0.693. The van der Waals surface area contributed by atoms with Gasteiger partial charge in [-0.15, -0.1) is 0 Å². The minimum atomic E-state index is -3.61. The zero-order valence-electron chi connectivity index (χ0n) is 17.5. The molecule has 2 rings (SSSR count). The minimum Gasteiger partial charge on any atom is -0.382 e. The Morgan fingerprint density at radius 3 is 2.45 bits per heavy atom. The van der Waals surface area contributed by atoms with Crippen LogP contribution < -0.4 is 10.0 Å². The van der Waals surface area contributed by atoms with Crippen molar-refractivity contribution in [3.8, 4) is 0 Å². The maximum atomic E-state index is 12.5. The second-order valence-corrected chi connectivity index (χ2v) is 9.81. The Labute approximate surface area is 173 Å². The lowest BCUT2D eigenvalue weighted by Gasteiger charge is -2.31. The Morgan fingerprint density at radius 2 is 1.90 bits per heavy atom. The van der Waals surface area contributed by atoms with Crippen LogP contribution >= 0.6 is 0 Å². The number of ether oxygens (including phenoxy) is 1. The molecule has 0 saturated carbocycles. The minimum absolute atomic E-state index is 0.0329. The Hall–Kier alpha value is -1.97. The lowest BCUT2D eigenvalue weighted by Crippen LogP contribution is -2.42. The monoisotopic (exact) mass is 425 g/mol. The number of amides is 2. The predicted octanol–water partition coefficient (Wildman–Crippen LogP) is 1.98. The maximum absolute atomic E-state index is 12.5. The van der Waals surface area contributed by atoms with Gasteiger partial charge in [0.25, 0.3) is 0 Å². The van der Waals surface area contributed by atoms with E-state index in [-0.39, 0.29) is 28.7 Å². The average Bonchev–Trinajstić information content (AvgIpc) is 3.04. The third-order valence-electron chi connectivity index (χ3n) is 4.70. The molecule has 9 heteroatoms. The van der Waals surface area contributed by atoms with Gasteiger partial charge in [0.1, 0.15) is 0 Å². The summed E-state index contributed by atoms with van der Waals surface area (Å²) in [7, 11) is -3.61. The van der Waals surface area contributed by atoms with Crippen molar-refractivity contribution >= 4 is 27.5 Å². The smallest absolute Gasteiger partial charge is 0.240 e. The van der Waals surface area contributed by atoms with Gasteiger partial charge >= 0.3 is 0 Å². The van der Waals surface area contributed by atoms with E-state index in [9.17, 15) is 18.0 Å². The molecule has 1 saturated heterocycles. The fourth-order valence-electron chi connectivity index (χ4n) is 3.10. The van der Waals surface area contributed by atoms with Crippen LogP contribution in [0.1, 0.15) is 40.5 Å². The molecule has 0 aromatic heterocycles. The van der Waals surface area contributed by atoms with Crippen LogP contribution in [-0.4, -0.2) is 57.0 Å². The van der Waals surface area contributed by atoms with Gasteiger partial charge in [-0.25, -0.2) is 13.1 Å². The van der Waals surface area contributed by atoms with E-state index in [1.807, 2.05) is 27.7 Å². The molecule has 29 heavy (non-hydrogen) atoms. The summed E-state index contributed by atoms with van der Waals surface area (Å²) in [5.41, 5.74) is 0.171. The molecule has 1 aliphatic heterocycles. The van der Waals surface area contributed by atoms with Crippen LogP contribution in [0.5, 0.6) is 0 Å². The molecule has 2 N–H and O–H groups in total. The first-order valence-electron chi connectivity index (χ1n) is 9.83. The normalized spacial score (nSPS) is 17.6. The summed E-state index contributed by atoms with van der Waals surface area (Å²) >= 11 is 0. The predicted molar refractivity (Wildman–Crippen MR) is 111 cm³/mol. The van der Waals surface area contributed by atoms with Crippen molar-refractivity contribution in [2.45, 2.75) is 51.0 Å². The molecular formula is C20H31N3O5S. The van der Waals surface area contributed by atoms with E-state index >= 15 is 0 Å². The van der Waals surface area contributed by atoms with E-state index in [1.165, 1.54) is 12.1 Å². The molecule has 0 aliphatic carbocycles. The van der Waals surface area contributed by atoms with Crippen molar-refractivity contribution in [2.24, 2.45) is 5.92 Å².